The molecule has 6 heteroatoms. The maximum Gasteiger partial charge on any atom is 0.335 e. The van der Waals surface area contributed by atoms with E-state index < -0.39 is 5.97 Å². The van der Waals surface area contributed by atoms with Crippen molar-refractivity contribution in [3.8, 4) is 0 Å². The number of imide groups is 1. The van der Waals surface area contributed by atoms with Crippen LogP contribution in [-0.2, 0) is 9.59 Å². The SMILES string of the molecule is CCS[C@@H]1CC(=O)N(c2ccc(C(=O)O)cc2)C1=O. The van der Waals surface area contributed by atoms with Gasteiger partial charge in [0.25, 0.3) is 0 Å². The maximum atomic E-state index is 12.1. The Balaban J connectivity index is 2.24. The van der Waals surface area contributed by atoms with Crippen LogP contribution in [0.15, 0.2) is 24.3 Å². The third-order valence-electron chi connectivity index (χ3n) is 2.85. The van der Waals surface area contributed by atoms with Crippen LogP contribution in [0.25, 0.3) is 0 Å². The van der Waals surface area contributed by atoms with Gasteiger partial charge in [-0.15, -0.1) is 11.8 Å². The Kier molecular flexibility index (Phi) is 3.90. The minimum Gasteiger partial charge on any atom is -0.478 e. The molecule has 1 saturated heterocycles. The van der Waals surface area contributed by atoms with Crippen LogP contribution >= 0.6 is 11.8 Å². The van der Waals surface area contributed by atoms with Gasteiger partial charge in [0.1, 0.15) is 0 Å². The van der Waals surface area contributed by atoms with Crippen molar-refractivity contribution < 1.29 is 19.5 Å². The summed E-state index contributed by atoms with van der Waals surface area (Å²) < 4.78 is 0. The van der Waals surface area contributed by atoms with Crippen LogP contribution in [0.3, 0.4) is 0 Å². The fraction of sp³-hybridized carbons (Fsp3) is 0.308. The Labute approximate surface area is 114 Å². The van der Waals surface area contributed by atoms with Crippen molar-refractivity contribution in [2.24, 2.45) is 0 Å². The second-order valence-electron chi connectivity index (χ2n) is 4.07. The molecule has 0 unspecified atom stereocenters. The van der Waals surface area contributed by atoms with E-state index in [1.807, 2.05) is 6.92 Å². The van der Waals surface area contributed by atoms with Crippen molar-refractivity contribution in [3.63, 3.8) is 0 Å². The predicted octanol–water partition coefficient (Wildman–Crippen LogP) is 1.77. The first-order valence-corrected chi connectivity index (χ1v) is 6.91. The van der Waals surface area contributed by atoms with E-state index >= 15 is 0 Å². The van der Waals surface area contributed by atoms with Crippen LogP contribution in [-0.4, -0.2) is 33.9 Å². The Morgan fingerprint density at radius 1 is 1.37 bits per heavy atom. The van der Waals surface area contributed by atoms with Crippen LogP contribution in [0.1, 0.15) is 23.7 Å². The zero-order chi connectivity index (χ0) is 14.0. The Hall–Kier alpha value is -1.82. The highest BCUT2D eigenvalue weighted by molar-refractivity contribution is 8.00. The van der Waals surface area contributed by atoms with Gasteiger partial charge in [-0.3, -0.25) is 9.59 Å². The van der Waals surface area contributed by atoms with Crippen molar-refractivity contribution in [1.29, 1.82) is 0 Å². The second-order valence-corrected chi connectivity index (χ2v) is 5.55. The van der Waals surface area contributed by atoms with E-state index in [1.54, 1.807) is 0 Å². The monoisotopic (exact) mass is 279 g/mol. The Bertz CT molecular complexity index is 526. The average molecular weight is 279 g/mol. The fourth-order valence-corrected chi connectivity index (χ4v) is 2.87. The normalized spacial score (nSPS) is 19.0. The molecule has 100 valence electrons. The molecule has 1 heterocycles. The molecule has 1 aliphatic heterocycles. The molecule has 2 amide bonds. The van der Waals surface area contributed by atoms with Crippen LogP contribution in [0.4, 0.5) is 5.69 Å². The molecule has 5 nitrogen and oxygen atoms in total. The molecule has 1 aromatic carbocycles. The third kappa shape index (κ3) is 2.63. The lowest BCUT2D eigenvalue weighted by atomic mass is 10.2. The summed E-state index contributed by atoms with van der Waals surface area (Å²) in [6, 6.07) is 5.74. The lowest BCUT2D eigenvalue weighted by molar-refractivity contribution is -0.121. The molecule has 1 N–H and O–H groups in total. The molecule has 1 fully saturated rings. The van der Waals surface area contributed by atoms with Gasteiger partial charge in [0, 0.05) is 6.42 Å². The standard InChI is InChI=1S/C13H13NO4S/c1-2-19-10-7-11(15)14(12(10)16)9-5-3-8(4-6-9)13(17)18/h3-6,10H,2,7H2,1H3,(H,17,18)/t10-/m1/s1. The zero-order valence-electron chi connectivity index (χ0n) is 10.3. The van der Waals surface area contributed by atoms with E-state index in [9.17, 15) is 14.4 Å². The van der Waals surface area contributed by atoms with Gasteiger partial charge in [0.2, 0.25) is 11.8 Å². The number of hydrogen-bond donors (Lipinski definition) is 1. The van der Waals surface area contributed by atoms with Crippen LogP contribution < -0.4 is 4.90 Å². The second kappa shape index (κ2) is 5.44. The third-order valence-corrected chi connectivity index (χ3v) is 3.95. The highest BCUT2D eigenvalue weighted by Gasteiger charge is 2.39. The number of aromatic carboxylic acids is 1. The number of amides is 2. The molecular weight excluding hydrogens is 266 g/mol. The summed E-state index contributed by atoms with van der Waals surface area (Å²) in [5, 5.41) is 8.48. The summed E-state index contributed by atoms with van der Waals surface area (Å²) in [6.07, 6.45) is 0.206. The highest BCUT2D eigenvalue weighted by atomic mass is 32.2. The smallest absolute Gasteiger partial charge is 0.335 e. The molecular formula is C13H13NO4S. The first kappa shape index (κ1) is 13.6. The van der Waals surface area contributed by atoms with E-state index in [4.69, 9.17) is 5.11 Å². The molecule has 1 aliphatic rings. The zero-order valence-corrected chi connectivity index (χ0v) is 11.1. The molecule has 0 radical (unpaired) electrons. The molecule has 0 bridgehead atoms. The van der Waals surface area contributed by atoms with Crippen molar-refractivity contribution in [3.05, 3.63) is 29.8 Å². The number of benzene rings is 1. The summed E-state index contributed by atoms with van der Waals surface area (Å²) in [5.41, 5.74) is 0.557. The predicted molar refractivity (Wildman–Crippen MR) is 72.4 cm³/mol. The van der Waals surface area contributed by atoms with E-state index in [0.29, 0.717) is 5.69 Å². The Morgan fingerprint density at radius 3 is 2.53 bits per heavy atom. The van der Waals surface area contributed by atoms with Crippen molar-refractivity contribution in [1.82, 2.24) is 0 Å². The van der Waals surface area contributed by atoms with Gasteiger partial charge in [0.15, 0.2) is 0 Å². The summed E-state index contributed by atoms with van der Waals surface area (Å²) in [4.78, 5) is 35.8. The van der Waals surface area contributed by atoms with Crippen LogP contribution in [0.2, 0.25) is 0 Å². The quantitative estimate of drug-likeness (QED) is 0.850. The Morgan fingerprint density at radius 2 is 2.00 bits per heavy atom. The van der Waals surface area contributed by atoms with E-state index in [0.717, 1.165) is 10.7 Å². The average Bonchev–Trinajstić information content (AvgIpc) is 2.65. The van der Waals surface area contributed by atoms with Gasteiger partial charge < -0.3 is 5.11 Å². The number of hydrogen-bond acceptors (Lipinski definition) is 4. The summed E-state index contributed by atoms with van der Waals surface area (Å²) in [7, 11) is 0. The molecule has 0 aliphatic carbocycles. The number of carboxylic acids is 1. The molecule has 1 aromatic rings. The first-order chi connectivity index (χ1) is 9.04. The highest BCUT2D eigenvalue weighted by Crippen LogP contribution is 2.29. The summed E-state index contributed by atoms with van der Waals surface area (Å²) in [6.45, 7) is 1.94. The number of carbonyl (C=O) groups is 3. The van der Waals surface area contributed by atoms with E-state index in [1.165, 1.54) is 36.0 Å². The number of nitrogens with zero attached hydrogens (tertiary/aromatic N) is 1. The van der Waals surface area contributed by atoms with Gasteiger partial charge in [0.05, 0.1) is 16.5 Å². The number of rotatable bonds is 4. The van der Waals surface area contributed by atoms with Gasteiger partial charge >= 0.3 is 5.97 Å². The lowest BCUT2D eigenvalue weighted by Gasteiger charge is -2.14. The van der Waals surface area contributed by atoms with Crippen molar-refractivity contribution in [2.75, 3.05) is 10.7 Å². The van der Waals surface area contributed by atoms with Crippen molar-refractivity contribution in [2.45, 2.75) is 18.6 Å². The molecule has 0 saturated carbocycles. The lowest BCUT2D eigenvalue weighted by Crippen LogP contribution is -2.31. The van der Waals surface area contributed by atoms with Crippen molar-refractivity contribution >= 4 is 35.2 Å². The minimum atomic E-state index is -1.04. The fourth-order valence-electron chi connectivity index (χ4n) is 1.96. The number of carbonyl (C=O) groups excluding carboxylic acids is 2. The van der Waals surface area contributed by atoms with Gasteiger partial charge in [-0.05, 0) is 30.0 Å². The molecule has 1 atom stereocenters. The molecule has 2 rings (SSSR count). The van der Waals surface area contributed by atoms with Crippen LogP contribution in [0, 0.1) is 0 Å². The van der Waals surface area contributed by atoms with Crippen LogP contribution in [0.5, 0.6) is 0 Å². The number of anilines is 1. The molecule has 19 heavy (non-hydrogen) atoms. The number of thioether (sulfide) groups is 1. The summed E-state index contributed by atoms with van der Waals surface area (Å²) in [5.74, 6) is -0.723. The first-order valence-electron chi connectivity index (χ1n) is 5.86. The molecule has 0 aromatic heterocycles. The minimum absolute atomic E-state index is 0.127. The van der Waals surface area contributed by atoms with Gasteiger partial charge in [-0.2, -0.15) is 0 Å². The maximum absolute atomic E-state index is 12.1. The van der Waals surface area contributed by atoms with Gasteiger partial charge in [-0.1, -0.05) is 6.92 Å². The largest absolute Gasteiger partial charge is 0.478 e. The number of carboxylic acid groups (broad SMARTS) is 1. The van der Waals surface area contributed by atoms with E-state index in [-0.39, 0.29) is 29.0 Å². The van der Waals surface area contributed by atoms with Gasteiger partial charge in [-0.25, -0.2) is 9.69 Å². The summed E-state index contributed by atoms with van der Waals surface area (Å²) >= 11 is 1.45. The topological polar surface area (TPSA) is 74.7 Å². The van der Waals surface area contributed by atoms with E-state index in [2.05, 4.69) is 0 Å². The molecule has 0 spiro atoms.